The molecule has 0 saturated carbocycles. The van der Waals surface area contributed by atoms with E-state index in [1.54, 1.807) is 18.3 Å². The lowest BCUT2D eigenvalue weighted by molar-refractivity contribution is -0.121. The fourth-order valence-electron chi connectivity index (χ4n) is 2.01. The van der Waals surface area contributed by atoms with Gasteiger partial charge in [0.15, 0.2) is 5.65 Å². The lowest BCUT2D eigenvalue weighted by Gasteiger charge is -2.18. The summed E-state index contributed by atoms with van der Waals surface area (Å²) in [4.78, 5) is 32.0. The highest BCUT2D eigenvalue weighted by atomic mass is 16.2. The fraction of sp³-hybridized carbons (Fsp3) is 0.385. The first-order valence-electron chi connectivity index (χ1n) is 6.12. The number of nitrogens with zero attached hydrogens (tertiary/aromatic N) is 3. The molecule has 0 aliphatic carbocycles. The van der Waals surface area contributed by atoms with Crippen LogP contribution >= 0.6 is 0 Å². The van der Waals surface area contributed by atoms with Crippen LogP contribution in [-0.2, 0) is 4.79 Å². The van der Waals surface area contributed by atoms with E-state index in [0.717, 1.165) is 0 Å². The van der Waals surface area contributed by atoms with Gasteiger partial charge in [-0.3, -0.25) is 14.2 Å². The summed E-state index contributed by atoms with van der Waals surface area (Å²) in [5.41, 5.74) is 5.47. The molecule has 2 N–H and O–H groups in total. The number of hydrogen-bond acceptors (Lipinski definition) is 4. The molecular formula is C13H16N4O2. The van der Waals surface area contributed by atoms with Crippen LogP contribution in [0.15, 0.2) is 29.5 Å². The zero-order valence-electron chi connectivity index (χ0n) is 10.9. The highest BCUT2D eigenvalue weighted by Gasteiger charge is 2.21. The molecule has 0 radical (unpaired) electrons. The molecule has 0 saturated heterocycles. The first-order chi connectivity index (χ1) is 9.00. The number of rotatable bonds is 4. The molecule has 2 aromatic heterocycles. The first kappa shape index (κ1) is 13.2. The normalized spacial score (nSPS) is 12.8. The van der Waals surface area contributed by atoms with E-state index in [4.69, 9.17) is 5.73 Å². The third kappa shape index (κ3) is 2.62. The summed E-state index contributed by atoms with van der Waals surface area (Å²) < 4.78 is 1.30. The molecule has 0 fully saturated rings. The summed E-state index contributed by atoms with van der Waals surface area (Å²) in [6, 6.07) is 2.63. The minimum atomic E-state index is -0.676. The van der Waals surface area contributed by atoms with E-state index in [1.807, 2.05) is 13.8 Å². The predicted molar refractivity (Wildman–Crippen MR) is 71.5 cm³/mol. The van der Waals surface area contributed by atoms with Crippen LogP contribution in [0, 0.1) is 5.92 Å². The monoisotopic (exact) mass is 260 g/mol. The molecule has 0 spiro atoms. The minimum Gasteiger partial charge on any atom is -0.368 e. The molecule has 0 aliphatic heterocycles. The second-order valence-electron chi connectivity index (χ2n) is 4.88. The maximum Gasteiger partial charge on any atom is 0.263 e. The Hall–Kier alpha value is -2.24. The van der Waals surface area contributed by atoms with Crippen molar-refractivity contribution in [1.29, 1.82) is 0 Å². The van der Waals surface area contributed by atoms with Gasteiger partial charge in [0.05, 0.1) is 5.39 Å². The van der Waals surface area contributed by atoms with Crippen molar-refractivity contribution in [3.8, 4) is 0 Å². The number of primary amides is 1. The number of amides is 1. The van der Waals surface area contributed by atoms with E-state index < -0.39 is 11.9 Å². The molecule has 6 heteroatoms. The molecule has 19 heavy (non-hydrogen) atoms. The van der Waals surface area contributed by atoms with E-state index in [9.17, 15) is 9.59 Å². The van der Waals surface area contributed by atoms with Crippen molar-refractivity contribution in [1.82, 2.24) is 14.5 Å². The Kier molecular flexibility index (Phi) is 3.59. The lowest BCUT2D eigenvalue weighted by Crippen LogP contribution is -2.35. The summed E-state index contributed by atoms with van der Waals surface area (Å²) in [7, 11) is 0. The smallest absolute Gasteiger partial charge is 0.263 e. The quantitative estimate of drug-likeness (QED) is 0.882. The Bertz CT molecular complexity index is 663. The molecule has 1 amide bonds. The maximum atomic E-state index is 12.3. The van der Waals surface area contributed by atoms with Crippen LogP contribution in [0.4, 0.5) is 0 Å². The number of hydrogen-bond donors (Lipinski definition) is 1. The van der Waals surface area contributed by atoms with Crippen LogP contribution < -0.4 is 11.3 Å². The van der Waals surface area contributed by atoms with Crippen LogP contribution in [0.3, 0.4) is 0 Å². The average Bonchev–Trinajstić information content (AvgIpc) is 2.37. The minimum absolute atomic E-state index is 0.244. The summed E-state index contributed by atoms with van der Waals surface area (Å²) >= 11 is 0. The van der Waals surface area contributed by atoms with Gasteiger partial charge in [-0.15, -0.1) is 0 Å². The van der Waals surface area contributed by atoms with Gasteiger partial charge in [0.1, 0.15) is 12.4 Å². The van der Waals surface area contributed by atoms with Gasteiger partial charge in [-0.05, 0) is 24.5 Å². The van der Waals surface area contributed by atoms with Crippen LogP contribution in [-0.4, -0.2) is 20.4 Å². The molecule has 0 aromatic carbocycles. The summed E-state index contributed by atoms with van der Waals surface area (Å²) in [6.07, 6.45) is 3.41. The Balaban J connectivity index is 2.57. The van der Waals surface area contributed by atoms with E-state index >= 15 is 0 Å². The SMILES string of the molecule is CC(C)CC(C(N)=O)n1cnc2ncccc2c1=O. The van der Waals surface area contributed by atoms with Crippen molar-refractivity contribution in [2.75, 3.05) is 0 Å². The van der Waals surface area contributed by atoms with Crippen LogP contribution in [0.1, 0.15) is 26.3 Å². The van der Waals surface area contributed by atoms with Crippen molar-refractivity contribution in [3.63, 3.8) is 0 Å². The van der Waals surface area contributed by atoms with Gasteiger partial charge in [-0.2, -0.15) is 0 Å². The molecule has 1 atom stereocenters. The molecule has 1 unspecified atom stereocenters. The Morgan fingerprint density at radius 1 is 1.42 bits per heavy atom. The summed E-state index contributed by atoms with van der Waals surface area (Å²) in [6.45, 7) is 3.94. The number of aromatic nitrogens is 3. The van der Waals surface area contributed by atoms with Gasteiger partial charge >= 0.3 is 0 Å². The van der Waals surface area contributed by atoms with Gasteiger partial charge in [0.2, 0.25) is 5.91 Å². The van der Waals surface area contributed by atoms with E-state index in [2.05, 4.69) is 9.97 Å². The zero-order valence-corrected chi connectivity index (χ0v) is 10.9. The van der Waals surface area contributed by atoms with Crippen molar-refractivity contribution in [2.24, 2.45) is 11.7 Å². The number of carbonyl (C=O) groups excluding carboxylic acids is 1. The topological polar surface area (TPSA) is 90.9 Å². The van der Waals surface area contributed by atoms with Gasteiger partial charge in [-0.25, -0.2) is 9.97 Å². The third-order valence-corrected chi connectivity index (χ3v) is 2.91. The van der Waals surface area contributed by atoms with Crippen molar-refractivity contribution < 1.29 is 4.79 Å². The molecule has 100 valence electrons. The summed E-state index contributed by atoms with van der Waals surface area (Å²) in [5.74, 6) is -0.283. The number of carbonyl (C=O) groups is 1. The van der Waals surface area contributed by atoms with Crippen molar-refractivity contribution >= 4 is 16.9 Å². The number of pyridine rings is 1. The van der Waals surface area contributed by atoms with Gasteiger partial charge in [-0.1, -0.05) is 13.8 Å². The predicted octanol–water partition coefficient (Wildman–Crippen LogP) is 0.864. The largest absolute Gasteiger partial charge is 0.368 e. The lowest BCUT2D eigenvalue weighted by atomic mass is 10.0. The zero-order chi connectivity index (χ0) is 14.0. The third-order valence-electron chi connectivity index (χ3n) is 2.91. The number of nitrogens with two attached hydrogens (primary N) is 1. The van der Waals surface area contributed by atoms with E-state index in [1.165, 1.54) is 10.9 Å². The highest BCUT2D eigenvalue weighted by molar-refractivity contribution is 5.79. The molecule has 2 heterocycles. The molecule has 6 nitrogen and oxygen atoms in total. The van der Waals surface area contributed by atoms with Crippen molar-refractivity contribution in [3.05, 3.63) is 35.0 Å². The second-order valence-corrected chi connectivity index (χ2v) is 4.88. The highest BCUT2D eigenvalue weighted by Crippen LogP contribution is 2.16. The molecule has 2 aromatic rings. The second kappa shape index (κ2) is 5.17. The van der Waals surface area contributed by atoms with Crippen LogP contribution in [0.5, 0.6) is 0 Å². The molecule has 0 bridgehead atoms. The van der Waals surface area contributed by atoms with Crippen molar-refractivity contribution in [2.45, 2.75) is 26.3 Å². The summed E-state index contributed by atoms with van der Waals surface area (Å²) in [5, 5.41) is 0.389. The van der Waals surface area contributed by atoms with Gasteiger partial charge < -0.3 is 5.73 Å². The Labute approximate surface area is 110 Å². The molecule has 2 rings (SSSR count). The maximum absolute atomic E-state index is 12.3. The Morgan fingerprint density at radius 3 is 2.79 bits per heavy atom. The standard InChI is InChI=1S/C13H16N4O2/c1-8(2)6-10(11(14)18)17-7-16-12-9(13(17)19)4-3-5-15-12/h3-5,7-8,10H,6H2,1-2H3,(H2,14,18). The molecule has 0 aliphatic rings. The fourth-order valence-corrected chi connectivity index (χ4v) is 2.01. The van der Waals surface area contributed by atoms with Gasteiger partial charge in [0.25, 0.3) is 5.56 Å². The average molecular weight is 260 g/mol. The van der Waals surface area contributed by atoms with E-state index in [0.29, 0.717) is 17.5 Å². The van der Waals surface area contributed by atoms with Crippen LogP contribution in [0.25, 0.3) is 11.0 Å². The van der Waals surface area contributed by atoms with E-state index in [-0.39, 0.29) is 11.5 Å². The Morgan fingerprint density at radius 2 is 2.16 bits per heavy atom. The first-order valence-corrected chi connectivity index (χ1v) is 6.12. The number of fused-ring (bicyclic) bond motifs is 1. The van der Waals surface area contributed by atoms with Gasteiger partial charge in [0, 0.05) is 6.20 Å². The molecular weight excluding hydrogens is 244 g/mol. The van der Waals surface area contributed by atoms with Crippen LogP contribution in [0.2, 0.25) is 0 Å².